The van der Waals surface area contributed by atoms with Crippen molar-refractivity contribution in [2.24, 2.45) is 0 Å². The van der Waals surface area contributed by atoms with Crippen molar-refractivity contribution < 1.29 is 0 Å². The standard InChI is InChI=1S/C13H19N3/c1-4-16(5-2)12-8-6-11(7-9-12)13(10-14)15-3/h6-9,13,15H,4-5H2,1-3H3. The second-order valence-electron chi connectivity index (χ2n) is 3.61. The first kappa shape index (κ1) is 12.5. The van der Waals surface area contributed by atoms with Crippen LogP contribution >= 0.6 is 0 Å². The van der Waals surface area contributed by atoms with Crippen molar-refractivity contribution in [2.75, 3.05) is 25.0 Å². The van der Waals surface area contributed by atoms with Crippen LogP contribution in [0, 0.1) is 11.3 Å². The van der Waals surface area contributed by atoms with Gasteiger partial charge < -0.3 is 10.2 Å². The number of nitriles is 1. The Morgan fingerprint density at radius 2 is 1.81 bits per heavy atom. The Bertz CT molecular complexity index is 346. The number of benzene rings is 1. The van der Waals surface area contributed by atoms with Gasteiger partial charge in [-0.2, -0.15) is 5.26 Å². The summed E-state index contributed by atoms with van der Waals surface area (Å²) in [6, 6.07) is 10.2. The molecular weight excluding hydrogens is 198 g/mol. The first-order chi connectivity index (χ1) is 7.76. The van der Waals surface area contributed by atoms with Gasteiger partial charge in [-0.25, -0.2) is 0 Å². The molecule has 86 valence electrons. The number of hydrogen-bond acceptors (Lipinski definition) is 3. The van der Waals surface area contributed by atoms with Crippen LogP contribution in [0.25, 0.3) is 0 Å². The molecule has 0 aliphatic rings. The molecule has 0 spiro atoms. The Morgan fingerprint density at radius 3 is 2.19 bits per heavy atom. The maximum absolute atomic E-state index is 8.93. The zero-order valence-electron chi connectivity index (χ0n) is 10.2. The molecule has 0 aliphatic carbocycles. The molecule has 16 heavy (non-hydrogen) atoms. The number of nitrogens with one attached hydrogen (secondary N) is 1. The van der Waals surface area contributed by atoms with E-state index in [4.69, 9.17) is 5.26 Å². The van der Waals surface area contributed by atoms with Crippen LogP contribution in [0.2, 0.25) is 0 Å². The van der Waals surface area contributed by atoms with Crippen molar-refractivity contribution in [3.63, 3.8) is 0 Å². The maximum Gasteiger partial charge on any atom is 0.121 e. The summed E-state index contributed by atoms with van der Waals surface area (Å²) in [5, 5.41) is 11.9. The second kappa shape index (κ2) is 6.14. The molecule has 0 bridgehead atoms. The third kappa shape index (κ3) is 2.74. The van der Waals surface area contributed by atoms with Crippen LogP contribution in [0.1, 0.15) is 25.5 Å². The fraction of sp³-hybridized carbons (Fsp3) is 0.462. The van der Waals surface area contributed by atoms with E-state index in [9.17, 15) is 0 Å². The maximum atomic E-state index is 8.93. The fourth-order valence-corrected chi connectivity index (χ4v) is 1.77. The summed E-state index contributed by atoms with van der Waals surface area (Å²) in [6.45, 7) is 6.29. The van der Waals surface area contributed by atoms with Crippen LogP contribution in [0.15, 0.2) is 24.3 Å². The topological polar surface area (TPSA) is 39.1 Å². The molecule has 3 nitrogen and oxygen atoms in total. The lowest BCUT2D eigenvalue weighted by Crippen LogP contribution is -2.22. The smallest absolute Gasteiger partial charge is 0.121 e. The summed E-state index contributed by atoms with van der Waals surface area (Å²) < 4.78 is 0. The van der Waals surface area contributed by atoms with Gasteiger partial charge >= 0.3 is 0 Å². The summed E-state index contributed by atoms with van der Waals surface area (Å²) in [4.78, 5) is 2.28. The largest absolute Gasteiger partial charge is 0.372 e. The molecule has 3 heteroatoms. The van der Waals surface area contributed by atoms with Gasteiger partial charge in [0.1, 0.15) is 6.04 Å². The molecule has 0 heterocycles. The van der Waals surface area contributed by atoms with Gasteiger partial charge in [0, 0.05) is 18.8 Å². The first-order valence-electron chi connectivity index (χ1n) is 5.68. The molecule has 1 atom stereocenters. The van der Waals surface area contributed by atoms with Gasteiger partial charge in [-0.3, -0.25) is 0 Å². The van der Waals surface area contributed by atoms with E-state index < -0.39 is 0 Å². The Kier molecular flexibility index (Phi) is 4.81. The quantitative estimate of drug-likeness (QED) is 0.822. The molecule has 0 aromatic heterocycles. The van der Waals surface area contributed by atoms with Gasteiger partial charge in [0.05, 0.1) is 6.07 Å². The van der Waals surface area contributed by atoms with Gasteiger partial charge in [-0.15, -0.1) is 0 Å². The van der Waals surface area contributed by atoms with Crippen molar-refractivity contribution in [3.05, 3.63) is 29.8 Å². The van der Waals surface area contributed by atoms with Crippen molar-refractivity contribution in [3.8, 4) is 6.07 Å². The minimum atomic E-state index is -0.217. The molecule has 0 saturated carbocycles. The lowest BCUT2D eigenvalue weighted by molar-refractivity contribution is 0.727. The Morgan fingerprint density at radius 1 is 1.25 bits per heavy atom. The molecular formula is C13H19N3. The highest BCUT2D eigenvalue weighted by Crippen LogP contribution is 2.18. The lowest BCUT2D eigenvalue weighted by Gasteiger charge is -2.21. The van der Waals surface area contributed by atoms with Crippen molar-refractivity contribution in [2.45, 2.75) is 19.9 Å². The molecule has 0 radical (unpaired) electrons. The predicted molar refractivity (Wildman–Crippen MR) is 67.4 cm³/mol. The van der Waals surface area contributed by atoms with E-state index in [2.05, 4.69) is 42.3 Å². The number of hydrogen-bond donors (Lipinski definition) is 1. The molecule has 1 aromatic carbocycles. The van der Waals surface area contributed by atoms with Crippen LogP contribution in [-0.4, -0.2) is 20.1 Å². The molecule has 0 aliphatic heterocycles. The SMILES string of the molecule is CCN(CC)c1ccc(C(C#N)NC)cc1. The van der Waals surface area contributed by atoms with Crippen LogP contribution in [-0.2, 0) is 0 Å². The highest BCUT2D eigenvalue weighted by molar-refractivity contribution is 5.48. The fourth-order valence-electron chi connectivity index (χ4n) is 1.77. The summed E-state index contributed by atoms with van der Waals surface area (Å²) in [5.74, 6) is 0. The number of nitrogens with zero attached hydrogens (tertiary/aromatic N) is 2. The highest BCUT2D eigenvalue weighted by Gasteiger charge is 2.07. The number of rotatable bonds is 5. The lowest BCUT2D eigenvalue weighted by atomic mass is 10.1. The highest BCUT2D eigenvalue weighted by atomic mass is 15.1. The average Bonchev–Trinajstić information content (AvgIpc) is 2.34. The van der Waals surface area contributed by atoms with Crippen LogP contribution in [0.3, 0.4) is 0 Å². The van der Waals surface area contributed by atoms with E-state index in [1.807, 2.05) is 12.1 Å². The van der Waals surface area contributed by atoms with Gasteiger partial charge in [0.25, 0.3) is 0 Å². The second-order valence-corrected chi connectivity index (χ2v) is 3.61. The van der Waals surface area contributed by atoms with E-state index >= 15 is 0 Å². The van der Waals surface area contributed by atoms with Gasteiger partial charge in [0.2, 0.25) is 0 Å². The first-order valence-corrected chi connectivity index (χ1v) is 5.68. The van der Waals surface area contributed by atoms with Gasteiger partial charge in [-0.05, 0) is 38.6 Å². The Balaban J connectivity index is 2.86. The average molecular weight is 217 g/mol. The number of anilines is 1. The molecule has 0 saturated heterocycles. The van der Waals surface area contributed by atoms with E-state index in [0.29, 0.717) is 0 Å². The summed E-state index contributed by atoms with van der Waals surface area (Å²) >= 11 is 0. The Hall–Kier alpha value is -1.53. The van der Waals surface area contributed by atoms with Crippen LogP contribution in [0.4, 0.5) is 5.69 Å². The van der Waals surface area contributed by atoms with E-state index in [1.54, 1.807) is 7.05 Å². The van der Waals surface area contributed by atoms with E-state index in [-0.39, 0.29) is 6.04 Å². The van der Waals surface area contributed by atoms with Crippen LogP contribution in [0.5, 0.6) is 0 Å². The minimum Gasteiger partial charge on any atom is -0.372 e. The normalized spacial score (nSPS) is 11.9. The summed E-state index contributed by atoms with van der Waals surface area (Å²) in [7, 11) is 1.80. The molecule has 0 amide bonds. The van der Waals surface area contributed by atoms with Crippen molar-refractivity contribution >= 4 is 5.69 Å². The Labute approximate surface area is 97.7 Å². The van der Waals surface area contributed by atoms with Crippen molar-refractivity contribution in [1.82, 2.24) is 5.32 Å². The van der Waals surface area contributed by atoms with E-state index in [1.165, 1.54) is 5.69 Å². The molecule has 1 N–H and O–H groups in total. The monoisotopic (exact) mass is 217 g/mol. The third-order valence-electron chi connectivity index (χ3n) is 2.77. The molecule has 1 rings (SSSR count). The summed E-state index contributed by atoms with van der Waals surface area (Å²) in [6.07, 6.45) is 0. The predicted octanol–water partition coefficient (Wildman–Crippen LogP) is 2.32. The molecule has 1 aromatic rings. The zero-order valence-corrected chi connectivity index (χ0v) is 10.2. The van der Waals surface area contributed by atoms with Gasteiger partial charge in [-0.1, -0.05) is 12.1 Å². The minimum absolute atomic E-state index is 0.217. The molecule has 0 fully saturated rings. The van der Waals surface area contributed by atoms with E-state index in [0.717, 1.165) is 18.7 Å². The van der Waals surface area contributed by atoms with Gasteiger partial charge in [0.15, 0.2) is 0 Å². The molecule has 1 unspecified atom stereocenters. The van der Waals surface area contributed by atoms with Crippen molar-refractivity contribution in [1.29, 1.82) is 5.26 Å². The zero-order chi connectivity index (χ0) is 12.0. The summed E-state index contributed by atoms with van der Waals surface area (Å²) in [5.41, 5.74) is 2.22. The van der Waals surface area contributed by atoms with Crippen LogP contribution < -0.4 is 10.2 Å². The third-order valence-corrected chi connectivity index (χ3v) is 2.77.